The van der Waals surface area contributed by atoms with Crippen molar-refractivity contribution in [2.45, 2.75) is 13.1 Å². The molecule has 0 amide bonds. The molecule has 2 rings (SSSR count). The van der Waals surface area contributed by atoms with Crippen molar-refractivity contribution in [3.8, 4) is 0 Å². The zero-order chi connectivity index (χ0) is 11.2. The molecule has 2 heterocycles. The van der Waals surface area contributed by atoms with Crippen LogP contribution in [0, 0.1) is 0 Å². The third-order valence-corrected chi connectivity index (χ3v) is 3.64. The van der Waals surface area contributed by atoms with Crippen molar-refractivity contribution in [2.24, 2.45) is 0 Å². The fourth-order valence-electron chi connectivity index (χ4n) is 1.54. The van der Waals surface area contributed by atoms with Gasteiger partial charge in [-0.1, -0.05) is 0 Å². The first kappa shape index (κ1) is 11.7. The van der Waals surface area contributed by atoms with Crippen molar-refractivity contribution < 1.29 is 5.11 Å². The van der Waals surface area contributed by atoms with Gasteiger partial charge in [0.15, 0.2) is 0 Å². The minimum absolute atomic E-state index is 0.189. The molecule has 16 heavy (non-hydrogen) atoms. The Balaban J connectivity index is 1.94. The van der Waals surface area contributed by atoms with E-state index in [0.717, 1.165) is 18.8 Å². The van der Waals surface area contributed by atoms with Crippen LogP contribution < -0.4 is 0 Å². The van der Waals surface area contributed by atoms with Crippen LogP contribution in [0.15, 0.2) is 27.7 Å². The Labute approximate surface area is 103 Å². The van der Waals surface area contributed by atoms with Crippen LogP contribution in [-0.4, -0.2) is 28.1 Å². The SMILES string of the molecule is OCCN(Cc1ccsc1)Cc1cscn1. The largest absolute Gasteiger partial charge is 0.395 e. The second-order valence-corrected chi connectivity index (χ2v) is 5.04. The summed E-state index contributed by atoms with van der Waals surface area (Å²) in [7, 11) is 0. The van der Waals surface area contributed by atoms with Crippen molar-refractivity contribution in [3.63, 3.8) is 0 Å². The number of hydrogen-bond acceptors (Lipinski definition) is 5. The average molecular weight is 254 g/mol. The molecule has 0 spiro atoms. The van der Waals surface area contributed by atoms with Crippen molar-refractivity contribution in [3.05, 3.63) is 39.0 Å². The van der Waals surface area contributed by atoms with Crippen molar-refractivity contribution in [1.29, 1.82) is 0 Å². The Bertz CT molecular complexity index is 350. The lowest BCUT2D eigenvalue weighted by Crippen LogP contribution is -2.25. The highest BCUT2D eigenvalue weighted by atomic mass is 32.1. The van der Waals surface area contributed by atoms with Gasteiger partial charge in [0.1, 0.15) is 0 Å². The van der Waals surface area contributed by atoms with Gasteiger partial charge in [-0.25, -0.2) is 4.98 Å². The maximum atomic E-state index is 9.04. The molecule has 1 N–H and O–H groups in total. The van der Waals surface area contributed by atoms with Crippen molar-refractivity contribution in [2.75, 3.05) is 13.2 Å². The highest BCUT2D eigenvalue weighted by Crippen LogP contribution is 2.12. The van der Waals surface area contributed by atoms with Gasteiger partial charge in [-0.2, -0.15) is 11.3 Å². The van der Waals surface area contributed by atoms with E-state index in [-0.39, 0.29) is 6.61 Å². The number of hydrogen-bond donors (Lipinski definition) is 1. The van der Waals surface area contributed by atoms with Crippen LogP contribution in [-0.2, 0) is 13.1 Å². The van der Waals surface area contributed by atoms with Crippen LogP contribution in [0.2, 0.25) is 0 Å². The first-order valence-corrected chi connectivity index (χ1v) is 6.98. The molecule has 0 atom stereocenters. The van der Waals surface area contributed by atoms with E-state index in [4.69, 9.17) is 5.11 Å². The Morgan fingerprint density at radius 3 is 2.81 bits per heavy atom. The molecule has 0 unspecified atom stereocenters. The van der Waals surface area contributed by atoms with Gasteiger partial charge in [-0.15, -0.1) is 11.3 Å². The first-order valence-electron chi connectivity index (χ1n) is 5.10. The van der Waals surface area contributed by atoms with E-state index in [0.29, 0.717) is 6.54 Å². The van der Waals surface area contributed by atoms with Crippen molar-refractivity contribution >= 4 is 22.7 Å². The monoisotopic (exact) mass is 254 g/mol. The number of rotatable bonds is 6. The fraction of sp³-hybridized carbons (Fsp3) is 0.364. The van der Waals surface area contributed by atoms with Crippen LogP contribution in [0.1, 0.15) is 11.3 Å². The first-order chi connectivity index (χ1) is 7.88. The number of thiophene rings is 1. The molecule has 86 valence electrons. The Morgan fingerprint density at radius 2 is 2.19 bits per heavy atom. The fourth-order valence-corrected chi connectivity index (χ4v) is 2.75. The molecule has 2 aromatic rings. The van der Waals surface area contributed by atoms with Crippen LogP contribution in [0.25, 0.3) is 0 Å². The molecular formula is C11H14N2OS2. The zero-order valence-corrected chi connectivity index (χ0v) is 10.5. The lowest BCUT2D eigenvalue weighted by Gasteiger charge is -2.19. The molecule has 0 aliphatic carbocycles. The number of nitrogens with zero attached hydrogens (tertiary/aromatic N) is 2. The topological polar surface area (TPSA) is 36.4 Å². The van der Waals surface area contributed by atoms with Gasteiger partial charge in [-0.3, -0.25) is 4.90 Å². The molecule has 0 bridgehead atoms. The number of aliphatic hydroxyl groups excluding tert-OH is 1. The normalized spacial score (nSPS) is 11.1. The van der Waals surface area contributed by atoms with Gasteiger partial charge in [0.2, 0.25) is 0 Å². The highest BCUT2D eigenvalue weighted by Gasteiger charge is 2.07. The maximum Gasteiger partial charge on any atom is 0.0795 e. The van der Waals surface area contributed by atoms with E-state index in [1.54, 1.807) is 22.7 Å². The second-order valence-electron chi connectivity index (χ2n) is 3.55. The summed E-state index contributed by atoms with van der Waals surface area (Å²) in [6.07, 6.45) is 0. The van der Waals surface area contributed by atoms with Gasteiger partial charge in [0.05, 0.1) is 17.8 Å². The van der Waals surface area contributed by atoms with Crippen molar-refractivity contribution in [1.82, 2.24) is 9.88 Å². The molecule has 0 radical (unpaired) electrons. The molecule has 0 aliphatic heterocycles. The lowest BCUT2D eigenvalue weighted by atomic mass is 10.3. The lowest BCUT2D eigenvalue weighted by molar-refractivity contribution is 0.183. The minimum atomic E-state index is 0.189. The van der Waals surface area contributed by atoms with E-state index in [1.165, 1.54) is 5.56 Å². The third kappa shape index (κ3) is 3.38. The quantitative estimate of drug-likeness (QED) is 0.858. The Morgan fingerprint density at radius 1 is 1.25 bits per heavy atom. The molecule has 0 saturated heterocycles. The van der Waals surface area contributed by atoms with Gasteiger partial charge in [-0.05, 0) is 22.4 Å². The number of aromatic nitrogens is 1. The van der Waals surface area contributed by atoms with Gasteiger partial charge < -0.3 is 5.11 Å². The number of thiazole rings is 1. The summed E-state index contributed by atoms with van der Waals surface area (Å²) in [5, 5.41) is 15.3. The minimum Gasteiger partial charge on any atom is -0.395 e. The number of aliphatic hydroxyl groups is 1. The van der Waals surface area contributed by atoms with Crippen LogP contribution in [0.3, 0.4) is 0 Å². The molecule has 5 heteroatoms. The summed E-state index contributed by atoms with van der Waals surface area (Å²) in [6, 6.07) is 2.12. The van der Waals surface area contributed by atoms with Gasteiger partial charge in [0, 0.05) is 25.0 Å². The summed E-state index contributed by atoms with van der Waals surface area (Å²) in [4.78, 5) is 6.47. The van der Waals surface area contributed by atoms with E-state index >= 15 is 0 Å². The highest BCUT2D eigenvalue weighted by molar-refractivity contribution is 7.08. The smallest absolute Gasteiger partial charge is 0.0795 e. The van der Waals surface area contributed by atoms with Crippen LogP contribution in [0.4, 0.5) is 0 Å². The van der Waals surface area contributed by atoms with Crippen LogP contribution in [0.5, 0.6) is 0 Å². The summed E-state index contributed by atoms with van der Waals surface area (Å²) in [6.45, 7) is 2.56. The molecule has 0 aliphatic rings. The zero-order valence-electron chi connectivity index (χ0n) is 8.87. The summed E-state index contributed by atoms with van der Waals surface area (Å²) in [5.41, 5.74) is 4.22. The van der Waals surface area contributed by atoms with Gasteiger partial charge >= 0.3 is 0 Å². The molecule has 3 nitrogen and oxygen atoms in total. The van der Waals surface area contributed by atoms with E-state index in [2.05, 4.69) is 32.1 Å². The molecule has 2 aromatic heterocycles. The summed E-state index contributed by atoms with van der Waals surface area (Å²) in [5.74, 6) is 0. The molecular weight excluding hydrogens is 240 g/mol. The predicted molar refractivity (Wildman–Crippen MR) is 67.6 cm³/mol. The molecule has 0 aromatic carbocycles. The van der Waals surface area contributed by atoms with E-state index < -0.39 is 0 Å². The second kappa shape index (κ2) is 6.10. The van der Waals surface area contributed by atoms with E-state index in [1.807, 2.05) is 5.51 Å². The average Bonchev–Trinajstić information content (AvgIpc) is 2.91. The predicted octanol–water partition coefficient (Wildman–Crippen LogP) is 2.20. The Hall–Kier alpha value is -0.750. The Kier molecular flexibility index (Phi) is 4.47. The third-order valence-electron chi connectivity index (χ3n) is 2.27. The van der Waals surface area contributed by atoms with Gasteiger partial charge in [0.25, 0.3) is 0 Å². The summed E-state index contributed by atoms with van der Waals surface area (Å²) < 4.78 is 0. The standard InChI is InChI=1S/C11H14N2OS2/c14-3-2-13(5-10-1-4-15-7-10)6-11-8-16-9-12-11/h1,4,7-9,14H,2-3,5-6H2. The molecule has 0 saturated carbocycles. The van der Waals surface area contributed by atoms with E-state index in [9.17, 15) is 0 Å². The molecule has 0 fully saturated rings. The summed E-state index contributed by atoms with van der Waals surface area (Å²) >= 11 is 3.31. The van der Waals surface area contributed by atoms with Crippen LogP contribution >= 0.6 is 22.7 Å². The maximum absolute atomic E-state index is 9.04.